The molecule has 0 aromatic rings. The first-order valence-electron chi connectivity index (χ1n) is 3.72. The molecule has 0 fully saturated rings. The number of terminal acetylenes is 1. The molecule has 2 nitrogen and oxygen atoms in total. The molecule has 11 heavy (non-hydrogen) atoms. The van der Waals surface area contributed by atoms with Crippen molar-refractivity contribution in [3.05, 3.63) is 12.7 Å². The Hall–Kier alpha value is -0.780. The van der Waals surface area contributed by atoms with Gasteiger partial charge in [-0.15, -0.1) is 18.9 Å². The van der Waals surface area contributed by atoms with E-state index in [1.165, 1.54) is 0 Å². The highest BCUT2D eigenvalue weighted by Gasteiger charge is 1.98. The third kappa shape index (κ3) is 5.65. The average Bonchev–Trinajstić information content (AvgIpc) is 2.01. The van der Waals surface area contributed by atoms with E-state index in [9.17, 15) is 0 Å². The van der Waals surface area contributed by atoms with E-state index in [2.05, 4.69) is 17.4 Å². The molecule has 0 heterocycles. The van der Waals surface area contributed by atoms with Crippen LogP contribution in [0.4, 0.5) is 0 Å². The highest BCUT2D eigenvalue weighted by molar-refractivity contribution is 4.85. The molecule has 0 aliphatic rings. The Labute approximate surface area is 68.5 Å². The summed E-state index contributed by atoms with van der Waals surface area (Å²) in [6.45, 7) is 6.10. The van der Waals surface area contributed by atoms with E-state index < -0.39 is 0 Å². The maximum absolute atomic E-state index is 8.64. The zero-order valence-corrected chi connectivity index (χ0v) is 6.79. The predicted octanol–water partition coefficient (Wildman–Crippen LogP) is 0.490. The normalized spacial score (nSPS) is 9.55. The maximum atomic E-state index is 8.64. The molecular formula is C9H15NO. The highest BCUT2D eigenvalue weighted by atomic mass is 16.3. The SMILES string of the molecule is C#CCCN(CC=C)CCO. The van der Waals surface area contributed by atoms with Gasteiger partial charge >= 0.3 is 0 Å². The van der Waals surface area contributed by atoms with Gasteiger partial charge in [-0.05, 0) is 0 Å². The molecular weight excluding hydrogens is 138 g/mol. The summed E-state index contributed by atoms with van der Waals surface area (Å²) in [6.07, 6.45) is 7.65. The van der Waals surface area contributed by atoms with E-state index in [0.717, 1.165) is 19.5 Å². The van der Waals surface area contributed by atoms with E-state index in [1.807, 2.05) is 6.08 Å². The lowest BCUT2D eigenvalue weighted by molar-refractivity contribution is 0.211. The fourth-order valence-electron chi connectivity index (χ4n) is 0.841. The van der Waals surface area contributed by atoms with E-state index in [-0.39, 0.29) is 6.61 Å². The summed E-state index contributed by atoms with van der Waals surface area (Å²) in [5.41, 5.74) is 0. The second-order valence-corrected chi connectivity index (χ2v) is 2.27. The Bertz CT molecular complexity index is 137. The first-order chi connectivity index (χ1) is 5.35. The number of aliphatic hydroxyl groups excluding tert-OH is 1. The molecule has 0 unspecified atom stereocenters. The molecule has 0 aliphatic carbocycles. The van der Waals surface area contributed by atoms with E-state index >= 15 is 0 Å². The van der Waals surface area contributed by atoms with Gasteiger partial charge in [0.1, 0.15) is 0 Å². The van der Waals surface area contributed by atoms with Gasteiger partial charge in [0.05, 0.1) is 6.61 Å². The van der Waals surface area contributed by atoms with Crippen LogP contribution in [0.2, 0.25) is 0 Å². The van der Waals surface area contributed by atoms with Crippen LogP contribution in [-0.4, -0.2) is 36.2 Å². The zero-order valence-electron chi connectivity index (χ0n) is 6.79. The second kappa shape index (κ2) is 7.33. The Balaban J connectivity index is 3.51. The third-order valence-electron chi connectivity index (χ3n) is 1.38. The van der Waals surface area contributed by atoms with Crippen molar-refractivity contribution in [1.82, 2.24) is 4.90 Å². The van der Waals surface area contributed by atoms with Gasteiger partial charge in [0.25, 0.3) is 0 Å². The van der Waals surface area contributed by atoms with Crippen molar-refractivity contribution in [3.63, 3.8) is 0 Å². The minimum atomic E-state index is 0.179. The molecule has 0 atom stereocenters. The average molecular weight is 153 g/mol. The minimum Gasteiger partial charge on any atom is -0.395 e. The summed E-state index contributed by atoms with van der Waals surface area (Å²) in [6, 6.07) is 0. The molecule has 0 bridgehead atoms. The molecule has 0 rings (SSSR count). The van der Waals surface area contributed by atoms with Crippen molar-refractivity contribution in [2.75, 3.05) is 26.2 Å². The van der Waals surface area contributed by atoms with Crippen LogP contribution in [-0.2, 0) is 0 Å². The van der Waals surface area contributed by atoms with Crippen LogP contribution < -0.4 is 0 Å². The van der Waals surface area contributed by atoms with E-state index in [4.69, 9.17) is 11.5 Å². The molecule has 0 aromatic carbocycles. The van der Waals surface area contributed by atoms with Crippen molar-refractivity contribution in [2.45, 2.75) is 6.42 Å². The Morgan fingerprint density at radius 2 is 2.27 bits per heavy atom. The fraction of sp³-hybridized carbons (Fsp3) is 0.556. The first-order valence-corrected chi connectivity index (χ1v) is 3.72. The summed E-state index contributed by atoms with van der Waals surface area (Å²) >= 11 is 0. The number of nitrogens with zero attached hydrogens (tertiary/aromatic N) is 1. The van der Waals surface area contributed by atoms with Gasteiger partial charge in [-0.1, -0.05) is 6.08 Å². The van der Waals surface area contributed by atoms with Crippen LogP contribution in [0.15, 0.2) is 12.7 Å². The highest BCUT2D eigenvalue weighted by Crippen LogP contribution is 1.89. The van der Waals surface area contributed by atoms with E-state index in [0.29, 0.717) is 6.54 Å². The van der Waals surface area contributed by atoms with Crippen LogP contribution >= 0.6 is 0 Å². The van der Waals surface area contributed by atoms with Crippen molar-refractivity contribution in [2.24, 2.45) is 0 Å². The maximum Gasteiger partial charge on any atom is 0.0558 e. The molecule has 2 heteroatoms. The van der Waals surface area contributed by atoms with Gasteiger partial charge in [-0.25, -0.2) is 0 Å². The quantitative estimate of drug-likeness (QED) is 0.443. The Morgan fingerprint density at radius 1 is 1.55 bits per heavy atom. The lowest BCUT2D eigenvalue weighted by atomic mass is 10.4. The Morgan fingerprint density at radius 3 is 2.73 bits per heavy atom. The van der Waals surface area contributed by atoms with Crippen molar-refractivity contribution in [3.8, 4) is 12.3 Å². The van der Waals surface area contributed by atoms with Gasteiger partial charge in [0, 0.05) is 26.1 Å². The molecule has 0 radical (unpaired) electrons. The minimum absolute atomic E-state index is 0.179. The molecule has 62 valence electrons. The van der Waals surface area contributed by atoms with Crippen LogP contribution in [0.3, 0.4) is 0 Å². The molecule has 0 saturated heterocycles. The topological polar surface area (TPSA) is 23.5 Å². The van der Waals surface area contributed by atoms with Gasteiger partial charge in [-0.2, -0.15) is 0 Å². The van der Waals surface area contributed by atoms with Crippen LogP contribution in [0.5, 0.6) is 0 Å². The summed E-state index contributed by atoms with van der Waals surface area (Å²) < 4.78 is 0. The largest absolute Gasteiger partial charge is 0.395 e. The lowest BCUT2D eigenvalue weighted by Crippen LogP contribution is -2.27. The number of hydrogen-bond acceptors (Lipinski definition) is 2. The summed E-state index contributed by atoms with van der Waals surface area (Å²) in [7, 11) is 0. The predicted molar refractivity (Wildman–Crippen MR) is 47.2 cm³/mol. The molecule has 1 N–H and O–H groups in total. The fourth-order valence-corrected chi connectivity index (χ4v) is 0.841. The number of hydrogen-bond donors (Lipinski definition) is 1. The van der Waals surface area contributed by atoms with Crippen LogP contribution in [0.1, 0.15) is 6.42 Å². The second-order valence-electron chi connectivity index (χ2n) is 2.27. The van der Waals surface area contributed by atoms with Gasteiger partial charge in [-0.3, -0.25) is 4.90 Å². The van der Waals surface area contributed by atoms with Crippen molar-refractivity contribution >= 4 is 0 Å². The molecule has 0 amide bonds. The molecule has 0 saturated carbocycles. The van der Waals surface area contributed by atoms with Gasteiger partial charge < -0.3 is 5.11 Å². The zero-order chi connectivity index (χ0) is 8.53. The summed E-state index contributed by atoms with van der Waals surface area (Å²) in [5.74, 6) is 2.56. The van der Waals surface area contributed by atoms with Gasteiger partial charge in [0.2, 0.25) is 0 Å². The molecule has 0 aromatic heterocycles. The number of rotatable bonds is 6. The van der Waals surface area contributed by atoms with E-state index in [1.54, 1.807) is 0 Å². The standard InChI is InChI=1S/C9H15NO/c1-3-5-7-10(6-4-2)8-9-11/h1,4,11H,2,5-9H2. The van der Waals surface area contributed by atoms with Crippen molar-refractivity contribution < 1.29 is 5.11 Å². The lowest BCUT2D eigenvalue weighted by Gasteiger charge is -2.17. The monoisotopic (exact) mass is 153 g/mol. The Kier molecular flexibility index (Phi) is 6.81. The van der Waals surface area contributed by atoms with Crippen molar-refractivity contribution in [1.29, 1.82) is 0 Å². The summed E-state index contributed by atoms with van der Waals surface area (Å²) in [4.78, 5) is 2.06. The smallest absolute Gasteiger partial charge is 0.0558 e. The third-order valence-corrected chi connectivity index (χ3v) is 1.38. The van der Waals surface area contributed by atoms with Crippen LogP contribution in [0, 0.1) is 12.3 Å². The van der Waals surface area contributed by atoms with Crippen LogP contribution in [0.25, 0.3) is 0 Å². The summed E-state index contributed by atoms with van der Waals surface area (Å²) in [5, 5.41) is 8.64. The first kappa shape index (κ1) is 10.2. The van der Waals surface area contributed by atoms with Gasteiger partial charge in [0.15, 0.2) is 0 Å². The number of aliphatic hydroxyl groups is 1. The molecule has 0 aliphatic heterocycles. The molecule has 0 spiro atoms.